The van der Waals surface area contributed by atoms with Crippen molar-refractivity contribution in [2.45, 2.75) is 0 Å². The van der Waals surface area contributed by atoms with E-state index in [9.17, 15) is 19.8 Å². The zero-order chi connectivity index (χ0) is 18.5. The van der Waals surface area contributed by atoms with Gasteiger partial charge in [0.2, 0.25) is 0 Å². The topological polar surface area (TPSA) is 93.1 Å². The molecule has 0 fully saturated rings. The average molecular weight is 350 g/mol. The van der Waals surface area contributed by atoms with Crippen LogP contribution in [0.3, 0.4) is 0 Å². The molecule has 0 radical (unpaired) electrons. The van der Waals surface area contributed by atoms with Gasteiger partial charge in [-0.1, -0.05) is 36.4 Å². The molecule has 6 heteroatoms. The Morgan fingerprint density at radius 3 is 1.69 bits per heavy atom. The molecular weight excluding hydrogens is 336 g/mol. The zero-order valence-corrected chi connectivity index (χ0v) is 13.5. The van der Waals surface area contributed by atoms with Gasteiger partial charge in [0.15, 0.2) is 11.5 Å². The molecule has 0 aliphatic rings. The fourth-order valence-electron chi connectivity index (χ4n) is 2.36. The predicted molar refractivity (Wildman–Crippen MR) is 93.4 cm³/mol. The van der Waals surface area contributed by atoms with Gasteiger partial charge in [-0.05, 0) is 36.4 Å². The number of hydrogen-bond acceptors (Lipinski definition) is 4. The van der Waals surface area contributed by atoms with Gasteiger partial charge in [0, 0.05) is 0 Å². The lowest BCUT2D eigenvalue weighted by Crippen LogP contribution is -2.10. The molecule has 0 unspecified atom stereocenters. The Morgan fingerprint density at radius 1 is 0.654 bits per heavy atom. The van der Waals surface area contributed by atoms with E-state index in [4.69, 9.17) is 9.47 Å². The number of hydrogen-bond donors (Lipinski definition) is 2. The minimum atomic E-state index is -1.42. The van der Waals surface area contributed by atoms with Gasteiger partial charge in [0.25, 0.3) is 0 Å². The van der Waals surface area contributed by atoms with Crippen molar-refractivity contribution in [2.24, 2.45) is 0 Å². The molecule has 0 aliphatic carbocycles. The molecule has 0 saturated carbocycles. The Balaban J connectivity index is 2.15. The third-order valence-electron chi connectivity index (χ3n) is 3.50. The van der Waals surface area contributed by atoms with Crippen LogP contribution in [0.4, 0.5) is 0 Å². The molecule has 2 N–H and O–H groups in total. The van der Waals surface area contributed by atoms with Gasteiger partial charge in [-0.2, -0.15) is 0 Å². The quantitative estimate of drug-likeness (QED) is 0.671. The second-order valence-corrected chi connectivity index (χ2v) is 5.26. The first-order valence-corrected chi connectivity index (χ1v) is 7.65. The highest BCUT2D eigenvalue weighted by Gasteiger charge is 2.26. The number of rotatable bonds is 6. The van der Waals surface area contributed by atoms with E-state index in [0.717, 1.165) is 0 Å². The molecule has 6 nitrogen and oxygen atoms in total. The van der Waals surface area contributed by atoms with Crippen molar-refractivity contribution in [1.82, 2.24) is 0 Å². The smallest absolute Gasteiger partial charge is 0.340 e. The standard InChI is InChI=1S/C20H14O6/c21-19(22)15-11-12-16(25-13-7-3-1-4-8-13)18(17(15)20(23)24)26-14-9-5-2-6-10-14/h1-12H,(H,21,22)(H,23,24). The Bertz CT molecular complexity index is 935. The van der Waals surface area contributed by atoms with Crippen molar-refractivity contribution >= 4 is 11.9 Å². The lowest BCUT2D eigenvalue weighted by molar-refractivity contribution is 0.0648. The fourth-order valence-corrected chi connectivity index (χ4v) is 2.36. The van der Waals surface area contributed by atoms with Crippen molar-refractivity contribution in [3.05, 3.63) is 83.9 Å². The molecule has 0 bridgehead atoms. The lowest BCUT2D eigenvalue weighted by Gasteiger charge is -2.16. The molecule has 26 heavy (non-hydrogen) atoms. The van der Waals surface area contributed by atoms with Gasteiger partial charge in [-0.15, -0.1) is 0 Å². The minimum absolute atomic E-state index is 0.0995. The maximum Gasteiger partial charge on any atom is 0.340 e. The maximum atomic E-state index is 11.7. The first-order valence-electron chi connectivity index (χ1n) is 7.65. The number of ether oxygens (including phenoxy) is 2. The molecule has 0 aromatic heterocycles. The summed E-state index contributed by atoms with van der Waals surface area (Å²) in [7, 11) is 0. The molecule has 3 aromatic carbocycles. The van der Waals surface area contributed by atoms with Gasteiger partial charge in [0.1, 0.15) is 17.1 Å². The summed E-state index contributed by atoms with van der Waals surface area (Å²) in [5.41, 5.74) is -0.862. The Hall–Kier alpha value is -3.80. The van der Waals surface area contributed by atoms with E-state index in [0.29, 0.717) is 11.5 Å². The first kappa shape index (κ1) is 17.0. The fraction of sp³-hybridized carbons (Fsp3) is 0. The van der Waals surface area contributed by atoms with E-state index >= 15 is 0 Å². The second kappa shape index (κ2) is 7.40. The van der Waals surface area contributed by atoms with Gasteiger partial charge in [0.05, 0.1) is 5.56 Å². The molecule has 0 spiro atoms. The number of aromatic carboxylic acids is 2. The maximum absolute atomic E-state index is 11.7. The van der Waals surface area contributed by atoms with Crippen LogP contribution >= 0.6 is 0 Å². The zero-order valence-electron chi connectivity index (χ0n) is 13.5. The number of benzene rings is 3. The molecule has 130 valence electrons. The van der Waals surface area contributed by atoms with Crippen LogP contribution in [-0.4, -0.2) is 22.2 Å². The average Bonchev–Trinajstić information content (AvgIpc) is 2.64. The summed E-state index contributed by atoms with van der Waals surface area (Å²) in [5, 5.41) is 18.9. The van der Waals surface area contributed by atoms with E-state index in [1.54, 1.807) is 54.6 Å². The second-order valence-electron chi connectivity index (χ2n) is 5.26. The third-order valence-corrected chi connectivity index (χ3v) is 3.50. The van der Waals surface area contributed by atoms with Crippen LogP contribution in [0, 0.1) is 0 Å². The van der Waals surface area contributed by atoms with E-state index in [2.05, 4.69) is 0 Å². The van der Waals surface area contributed by atoms with Crippen molar-refractivity contribution < 1.29 is 29.3 Å². The van der Waals surface area contributed by atoms with Gasteiger partial charge >= 0.3 is 11.9 Å². The summed E-state index contributed by atoms with van der Waals surface area (Å²) >= 11 is 0. The Kier molecular flexibility index (Phi) is 4.85. The van der Waals surface area contributed by atoms with E-state index in [1.807, 2.05) is 6.07 Å². The van der Waals surface area contributed by atoms with E-state index in [-0.39, 0.29) is 17.1 Å². The number of carbonyl (C=O) groups is 2. The van der Waals surface area contributed by atoms with Crippen molar-refractivity contribution in [3.63, 3.8) is 0 Å². The molecule has 3 aromatic rings. The number of carboxylic acids is 2. The first-order chi connectivity index (χ1) is 12.6. The number of carboxylic acid groups (broad SMARTS) is 2. The van der Waals surface area contributed by atoms with Crippen molar-refractivity contribution in [3.8, 4) is 23.0 Å². The molecule has 0 atom stereocenters. The van der Waals surface area contributed by atoms with Crippen molar-refractivity contribution in [2.75, 3.05) is 0 Å². The van der Waals surface area contributed by atoms with Crippen LogP contribution in [0.15, 0.2) is 72.8 Å². The van der Waals surface area contributed by atoms with E-state index < -0.39 is 17.5 Å². The van der Waals surface area contributed by atoms with Crippen LogP contribution < -0.4 is 9.47 Å². The molecular formula is C20H14O6. The summed E-state index contributed by atoms with van der Waals surface area (Å²) in [6.07, 6.45) is 0. The highest BCUT2D eigenvalue weighted by atomic mass is 16.5. The van der Waals surface area contributed by atoms with Crippen LogP contribution in [-0.2, 0) is 0 Å². The number of para-hydroxylation sites is 2. The van der Waals surface area contributed by atoms with E-state index in [1.165, 1.54) is 12.1 Å². The molecule has 0 saturated heterocycles. The summed E-state index contributed by atoms with van der Waals surface area (Å²) in [6.45, 7) is 0. The highest BCUT2D eigenvalue weighted by molar-refractivity contribution is 6.04. The summed E-state index contributed by atoms with van der Waals surface area (Å²) < 4.78 is 11.4. The summed E-state index contributed by atoms with van der Waals surface area (Å²) in [4.78, 5) is 23.2. The molecule has 0 heterocycles. The van der Waals surface area contributed by atoms with Gasteiger partial charge in [-0.3, -0.25) is 0 Å². The van der Waals surface area contributed by atoms with Gasteiger partial charge < -0.3 is 19.7 Å². The summed E-state index contributed by atoms with van der Waals surface area (Å²) in [5.74, 6) is -2.05. The predicted octanol–water partition coefficient (Wildman–Crippen LogP) is 4.67. The van der Waals surface area contributed by atoms with Crippen LogP contribution in [0.1, 0.15) is 20.7 Å². The van der Waals surface area contributed by atoms with Crippen molar-refractivity contribution in [1.29, 1.82) is 0 Å². The van der Waals surface area contributed by atoms with Crippen LogP contribution in [0.2, 0.25) is 0 Å². The minimum Gasteiger partial charge on any atom is -0.478 e. The summed E-state index contributed by atoms with van der Waals surface area (Å²) in [6, 6.07) is 19.7. The van der Waals surface area contributed by atoms with Crippen LogP contribution in [0.25, 0.3) is 0 Å². The normalized spacial score (nSPS) is 10.2. The molecule has 3 rings (SSSR count). The van der Waals surface area contributed by atoms with Gasteiger partial charge in [-0.25, -0.2) is 9.59 Å². The Morgan fingerprint density at radius 2 is 1.19 bits per heavy atom. The molecule has 0 aliphatic heterocycles. The lowest BCUT2D eigenvalue weighted by atomic mass is 10.1. The third kappa shape index (κ3) is 3.64. The Labute approximate surface area is 148 Å². The van der Waals surface area contributed by atoms with Crippen LogP contribution in [0.5, 0.6) is 23.0 Å². The largest absolute Gasteiger partial charge is 0.478 e. The monoisotopic (exact) mass is 350 g/mol. The highest BCUT2D eigenvalue weighted by Crippen LogP contribution is 2.39. The SMILES string of the molecule is O=C(O)c1ccc(Oc2ccccc2)c(Oc2ccccc2)c1C(=O)O. The molecule has 0 amide bonds.